The third kappa shape index (κ3) is 4.17. The minimum Gasteiger partial charge on any atom is -0.350 e. The van der Waals surface area contributed by atoms with Crippen LogP contribution < -0.4 is 5.32 Å². The van der Waals surface area contributed by atoms with Crippen molar-refractivity contribution in [2.24, 2.45) is 7.05 Å². The lowest BCUT2D eigenvalue weighted by atomic mass is 10.0. The van der Waals surface area contributed by atoms with Gasteiger partial charge in [0.2, 0.25) is 5.91 Å². The molecule has 0 bridgehead atoms. The first kappa shape index (κ1) is 21.4. The van der Waals surface area contributed by atoms with Crippen molar-refractivity contribution >= 4 is 34.6 Å². The fraction of sp³-hybridized carbons (Fsp3) is 0.391. The van der Waals surface area contributed by atoms with Gasteiger partial charge in [0, 0.05) is 23.9 Å². The lowest BCUT2D eigenvalue weighted by Crippen LogP contribution is -2.52. The van der Waals surface area contributed by atoms with Crippen LogP contribution in [0.5, 0.6) is 0 Å². The molecule has 1 aliphatic rings. The van der Waals surface area contributed by atoms with Crippen LogP contribution in [0.2, 0.25) is 0 Å². The standard InChI is InChI=1S/C23H27N5O2S/c1-14-19-16(22(30)28-13-31-12-18(28)21(29)25-23(2,3)4)11-17(15-9-7-6-8-10-15)24-20(19)27(5)26-14/h6-11,18H,12-13H2,1-5H3,(H,25,29). The van der Waals surface area contributed by atoms with Crippen molar-refractivity contribution in [2.75, 3.05) is 11.6 Å². The Bertz CT molecular complexity index is 1150. The molecule has 1 atom stereocenters. The van der Waals surface area contributed by atoms with Crippen molar-refractivity contribution < 1.29 is 9.59 Å². The van der Waals surface area contributed by atoms with Crippen molar-refractivity contribution in [3.63, 3.8) is 0 Å². The summed E-state index contributed by atoms with van der Waals surface area (Å²) >= 11 is 1.59. The fourth-order valence-electron chi connectivity index (χ4n) is 3.84. The molecule has 8 heteroatoms. The van der Waals surface area contributed by atoms with E-state index in [1.54, 1.807) is 21.3 Å². The third-order valence-corrected chi connectivity index (χ3v) is 6.22. The summed E-state index contributed by atoms with van der Waals surface area (Å²) in [7, 11) is 1.83. The van der Waals surface area contributed by atoms with E-state index >= 15 is 0 Å². The van der Waals surface area contributed by atoms with Crippen molar-refractivity contribution in [3.05, 3.63) is 47.7 Å². The number of fused-ring (bicyclic) bond motifs is 1. The number of nitrogens with zero attached hydrogens (tertiary/aromatic N) is 4. The van der Waals surface area contributed by atoms with Crippen LogP contribution in [0.1, 0.15) is 36.8 Å². The van der Waals surface area contributed by atoms with E-state index in [2.05, 4.69) is 10.4 Å². The van der Waals surface area contributed by atoms with Gasteiger partial charge in [-0.1, -0.05) is 30.3 Å². The number of benzene rings is 1. The van der Waals surface area contributed by atoms with E-state index in [0.29, 0.717) is 28.5 Å². The van der Waals surface area contributed by atoms with E-state index in [-0.39, 0.29) is 17.4 Å². The van der Waals surface area contributed by atoms with E-state index in [0.717, 1.165) is 16.6 Å². The second-order valence-electron chi connectivity index (χ2n) is 8.86. The van der Waals surface area contributed by atoms with Gasteiger partial charge < -0.3 is 10.2 Å². The summed E-state index contributed by atoms with van der Waals surface area (Å²) in [5.74, 6) is 0.770. The normalized spacial score (nSPS) is 16.7. The van der Waals surface area contributed by atoms with Crippen molar-refractivity contribution in [3.8, 4) is 11.3 Å². The SMILES string of the molecule is Cc1nn(C)c2nc(-c3ccccc3)cc(C(=O)N3CSCC3C(=O)NC(C)(C)C)c12. The predicted molar refractivity (Wildman–Crippen MR) is 124 cm³/mol. The monoisotopic (exact) mass is 437 g/mol. The van der Waals surface area contributed by atoms with E-state index in [4.69, 9.17) is 4.98 Å². The van der Waals surface area contributed by atoms with Crippen LogP contribution in [0.3, 0.4) is 0 Å². The molecule has 0 radical (unpaired) electrons. The molecule has 3 heterocycles. The Morgan fingerprint density at radius 3 is 2.58 bits per heavy atom. The van der Waals surface area contributed by atoms with Gasteiger partial charge in [-0.05, 0) is 33.8 Å². The quantitative estimate of drug-likeness (QED) is 0.680. The van der Waals surface area contributed by atoms with Crippen molar-refractivity contribution in [1.82, 2.24) is 25.0 Å². The first-order valence-corrected chi connectivity index (χ1v) is 11.4. The van der Waals surface area contributed by atoms with Gasteiger partial charge in [0.05, 0.1) is 28.2 Å². The molecular formula is C23H27N5O2S. The van der Waals surface area contributed by atoms with Crippen LogP contribution in [0.15, 0.2) is 36.4 Å². The number of thioether (sulfide) groups is 1. The molecule has 1 aliphatic heterocycles. The van der Waals surface area contributed by atoms with Gasteiger partial charge in [0.1, 0.15) is 6.04 Å². The summed E-state index contributed by atoms with van der Waals surface area (Å²) < 4.78 is 1.70. The van der Waals surface area contributed by atoms with Crippen molar-refractivity contribution in [2.45, 2.75) is 39.3 Å². The molecule has 2 amide bonds. The number of rotatable bonds is 3. The van der Waals surface area contributed by atoms with Gasteiger partial charge in [0.15, 0.2) is 5.65 Å². The molecule has 1 aromatic carbocycles. The molecule has 1 fully saturated rings. The van der Waals surface area contributed by atoms with Gasteiger partial charge in [-0.2, -0.15) is 5.10 Å². The molecule has 0 spiro atoms. The van der Waals surface area contributed by atoms with E-state index in [1.165, 1.54) is 0 Å². The Morgan fingerprint density at radius 1 is 1.19 bits per heavy atom. The van der Waals surface area contributed by atoms with Crippen LogP contribution in [-0.2, 0) is 11.8 Å². The number of hydrogen-bond donors (Lipinski definition) is 1. The van der Waals surface area contributed by atoms with Crippen molar-refractivity contribution in [1.29, 1.82) is 0 Å². The predicted octanol–water partition coefficient (Wildman–Crippen LogP) is 3.37. The summed E-state index contributed by atoms with van der Waals surface area (Å²) in [6, 6.07) is 11.1. The Labute approximate surface area is 186 Å². The molecule has 1 unspecified atom stereocenters. The highest BCUT2D eigenvalue weighted by atomic mass is 32.2. The largest absolute Gasteiger partial charge is 0.350 e. The molecule has 0 aliphatic carbocycles. The number of nitrogens with one attached hydrogen (secondary N) is 1. The number of aryl methyl sites for hydroxylation is 2. The average Bonchev–Trinajstić information content (AvgIpc) is 3.31. The Hall–Kier alpha value is -2.87. The average molecular weight is 438 g/mol. The zero-order valence-corrected chi connectivity index (χ0v) is 19.3. The minimum absolute atomic E-state index is 0.123. The summed E-state index contributed by atoms with van der Waals surface area (Å²) in [6.45, 7) is 7.70. The third-order valence-electron chi connectivity index (χ3n) is 5.21. The fourth-order valence-corrected chi connectivity index (χ4v) is 4.99. The molecule has 3 aromatic rings. The maximum absolute atomic E-state index is 13.8. The van der Waals surface area contributed by atoms with E-state index in [9.17, 15) is 9.59 Å². The number of hydrogen-bond acceptors (Lipinski definition) is 5. The zero-order chi connectivity index (χ0) is 22.3. The molecule has 1 N–H and O–H groups in total. The zero-order valence-electron chi connectivity index (χ0n) is 18.5. The number of pyridine rings is 1. The Balaban J connectivity index is 1.79. The van der Waals surface area contributed by atoms with Gasteiger partial charge >= 0.3 is 0 Å². The molecule has 31 heavy (non-hydrogen) atoms. The van der Waals surface area contributed by atoms with Crippen LogP contribution in [0, 0.1) is 6.92 Å². The molecule has 1 saturated heterocycles. The Morgan fingerprint density at radius 2 is 1.90 bits per heavy atom. The highest BCUT2D eigenvalue weighted by molar-refractivity contribution is 7.99. The Kier molecular flexibility index (Phi) is 5.51. The number of carbonyl (C=O) groups is 2. The van der Waals surface area contributed by atoms with Gasteiger partial charge in [-0.25, -0.2) is 4.98 Å². The number of aromatic nitrogens is 3. The van der Waals surface area contributed by atoms with Crippen LogP contribution >= 0.6 is 11.8 Å². The maximum atomic E-state index is 13.8. The molecule has 0 saturated carbocycles. The van der Waals surface area contributed by atoms with Gasteiger partial charge in [-0.3, -0.25) is 14.3 Å². The smallest absolute Gasteiger partial charge is 0.256 e. The molecule has 162 valence electrons. The van der Waals surface area contributed by atoms with Crippen LogP contribution in [0.4, 0.5) is 0 Å². The number of carbonyl (C=O) groups excluding carboxylic acids is 2. The summed E-state index contributed by atoms with van der Waals surface area (Å²) in [5, 5.41) is 8.24. The van der Waals surface area contributed by atoms with Gasteiger partial charge in [0.25, 0.3) is 5.91 Å². The summed E-state index contributed by atoms with van der Waals surface area (Å²) in [4.78, 5) is 33.1. The molecule has 4 rings (SSSR count). The number of amides is 2. The first-order chi connectivity index (χ1) is 14.7. The molecule has 2 aromatic heterocycles. The second kappa shape index (κ2) is 8.00. The lowest BCUT2D eigenvalue weighted by molar-refractivity contribution is -0.125. The summed E-state index contributed by atoms with van der Waals surface area (Å²) in [5.41, 5.74) is 3.21. The maximum Gasteiger partial charge on any atom is 0.256 e. The lowest BCUT2D eigenvalue weighted by Gasteiger charge is -2.28. The van der Waals surface area contributed by atoms with Crippen LogP contribution in [0.25, 0.3) is 22.3 Å². The second-order valence-corrected chi connectivity index (χ2v) is 9.86. The topological polar surface area (TPSA) is 80.1 Å². The highest BCUT2D eigenvalue weighted by Crippen LogP contribution is 2.30. The molecular weight excluding hydrogens is 410 g/mol. The molecule has 7 nitrogen and oxygen atoms in total. The minimum atomic E-state index is -0.503. The highest BCUT2D eigenvalue weighted by Gasteiger charge is 2.37. The van der Waals surface area contributed by atoms with E-state index < -0.39 is 6.04 Å². The summed E-state index contributed by atoms with van der Waals surface area (Å²) in [6.07, 6.45) is 0. The van der Waals surface area contributed by atoms with Crippen LogP contribution in [-0.4, -0.2) is 54.7 Å². The van der Waals surface area contributed by atoms with Gasteiger partial charge in [-0.15, -0.1) is 11.8 Å². The first-order valence-electron chi connectivity index (χ1n) is 10.3. The van der Waals surface area contributed by atoms with E-state index in [1.807, 2.05) is 71.1 Å².